The lowest BCUT2D eigenvalue weighted by atomic mass is 9.93. The van der Waals surface area contributed by atoms with E-state index in [4.69, 9.17) is 14.2 Å². The molecule has 9 nitrogen and oxygen atoms in total. The van der Waals surface area contributed by atoms with Gasteiger partial charge in [-0.15, -0.1) is 0 Å². The van der Waals surface area contributed by atoms with E-state index in [0.717, 1.165) is 94.1 Å². The summed E-state index contributed by atoms with van der Waals surface area (Å²) in [6, 6.07) is 13.7. The van der Waals surface area contributed by atoms with Gasteiger partial charge < -0.3 is 29.4 Å². The van der Waals surface area contributed by atoms with Crippen LogP contribution in [0.25, 0.3) is 11.1 Å². The second kappa shape index (κ2) is 13.8. The van der Waals surface area contributed by atoms with E-state index in [1.807, 2.05) is 19.9 Å². The number of amides is 1. The van der Waals surface area contributed by atoms with Crippen molar-refractivity contribution in [1.29, 1.82) is 0 Å². The fourth-order valence-electron chi connectivity index (χ4n) is 7.36. The van der Waals surface area contributed by atoms with E-state index in [1.54, 1.807) is 6.07 Å². The summed E-state index contributed by atoms with van der Waals surface area (Å²) < 4.78 is 16.7. The third-order valence-corrected chi connectivity index (χ3v) is 9.79. The molecule has 2 fully saturated rings. The van der Waals surface area contributed by atoms with Crippen LogP contribution < -0.4 is 20.5 Å². The predicted octanol–water partition coefficient (Wildman–Crippen LogP) is 4.92. The summed E-state index contributed by atoms with van der Waals surface area (Å²) in [6.07, 6.45) is 4.08. The molecule has 0 bridgehead atoms. The molecule has 2 aliphatic heterocycles. The Morgan fingerprint density at radius 3 is 2.51 bits per heavy atom. The molecule has 9 heteroatoms. The Morgan fingerprint density at radius 1 is 1.02 bits per heavy atom. The molecule has 0 saturated carbocycles. The van der Waals surface area contributed by atoms with Crippen LogP contribution in [0.1, 0.15) is 70.5 Å². The number of aromatic nitrogens is 1. The number of fused-ring (bicyclic) bond motifs is 1. The number of hydrogen-bond acceptors (Lipinski definition) is 7. The van der Waals surface area contributed by atoms with Gasteiger partial charge in [-0.05, 0) is 92.5 Å². The van der Waals surface area contributed by atoms with Crippen molar-refractivity contribution in [3.05, 3.63) is 80.3 Å². The van der Waals surface area contributed by atoms with Gasteiger partial charge in [-0.1, -0.05) is 18.2 Å². The number of rotatable bonds is 9. The molecule has 0 radical (unpaired) electrons. The Labute approximate surface area is 265 Å². The smallest absolute Gasteiger partial charge is 0.256 e. The average molecular weight is 615 g/mol. The lowest BCUT2D eigenvalue weighted by Gasteiger charge is -2.37. The Balaban J connectivity index is 1.35. The highest BCUT2D eigenvalue weighted by molar-refractivity contribution is 5.99. The normalized spacial score (nSPS) is 18.9. The third-order valence-electron chi connectivity index (χ3n) is 9.79. The van der Waals surface area contributed by atoms with E-state index in [9.17, 15) is 9.59 Å². The first kappa shape index (κ1) is 31.3. The second-order valence-corrected chi connectivity index (χ2v) is 12.4. The highest BCUT2D eigenvalue weighted by atomic mass is 16.5. The lowest BCUT2D eigenvalue weighted by molar-refractivity contribution is 0.0164. The zero-order chi connectivity index (χ0) is 31.5. The van der Waals surface area contributed by atoms with Gasteiger partial charge in [0.1, 0.15) is 5.75 Å². The number of anilines is 1. The molecular weight excluding hydrogens is 568 g/mol. The number of aromatic amines is 1. The van der Waals surface area contributed by atoms with Gasteiger partial charge in [0, 0.05) is 61.9 Å². The van der Waals surface area contributed by atoms with E-state index in [2.05, 4.69) is 51.3 Å². The summed E-state index contributed by atoms with van der Waals surface area (Å²) in [4.78, 5) is 34.5. The van der Waals surface area contributed by atoms with E-state index >= 15 is 0 Å². The van der Waals surface area contributed by atoms with Crippen molar-refractivity contribution in [2.45, 2.75) is 65.1 Å². The van der Waals surface area contributed by atoms with Crippen molar-refractivity contribution in [3.8, 4) is 16.9 Å². The number of hydrogen-bond donors (Lipinski definition) is 2. The fourth-order valence-corrected chi connectivity index (χ4v) is 7.36. The Hall–Kier alpha value is -3.66. The highest BCUT2D eigenvalue weighted by Crippen LogP contribution is 2.40. The van der Waals surface area contributed by atoms with Crippen LogP contribution in [-0.4, -0.2) is 75.0 Å². The fraction of sp³-hybridized carbons (Fsp3) is 0.500. The van der Waals surface area contributed by atoms with Gasteiger partial charge in [0.15, 0.2) is 0 Å². The first-order valence-corrected chi connectivity index (χ1v) is 16.4. The first-order chi connectivity index (χ1) is 21.9. The van der Waals surface area contributed by atoms with Gasteiger partial charge in [0.25, 0.3) is 11.5 Å². The topological polar surface area (TPSA) is 96.1 Å². The van der Waals surface area contributed by atoms with Crippen molar-refractivity contribution in [1.82, 2.24) is 15.2 Å². The summed E-state index contributed by atoms with van der Waals surface area (Å²) in [5.41, 5.74) is 8.41. The zero-order valence-electron chi connectivity index (χ0n) is 27.0. The minimum Gasteiger partial charge on any atom is -0.496 e. The predicted molar refractivity (Wildman–Crippen MR) is 176 cm³/mol. The molecule has 240 valence electrons. The van der Waals surface area contributed by atoms with Crippen LogP contribution >= 0.6 is 0 Å². The quantitative estimate of drug-likeness (QED) is 0.353. The van der Waals surface area contributed by atoms with Crippen LogP contribution in [0.5, 0.6) is 5.75 Å². The van der Waals surface area contributed by atoms with Crippen molar-refractivity contribution in [2.24, 2.45) is 0 Å². The molecule has 6 rings (SSSR count). The van der Waals surface area contributed by atoms with Crippen LogP contribution in [0.15, 0.2) is 41.2 Å². The lowest BCUT2D eigenvalue weighted by Crippen LogP contribution is -2.40. The van der Waals surface area contributed by atoms with Gasteiger partial charge in [-0.3, -0.25) is 14.5 Å². The zero-order valence-corrected chi connectivity index (χ0v) is 27.0. The molecule has 45 heavy (non-hydrogen) atoms. The number of morpholine rings is 1. The summed E-state index contributed by atoms with van der Waals surface area (Å²) in [5, 5.41) is 3.02. The van der Waals surface area contributed by atoms with Gasteiger partial charge in [-0.25, -0.2) is 0 Å². The van der Waals surface area contributed by atoms with Crippen LogP contribution in [-0.2, 0) is 22.4 Å². The maximum absolute atomic E-state index is 13.9. The van der Waals surface area contributed by atoms with Crippen molar-refractivity contribution < 1.29 is 19.0 Å². The molecule has 2 saturated heterocycles. The van der Waals surface area contributed by atoms with Crippen LogP contribution in [0.3, 0.4) is 0 Å². The highest BCUT2D eigenvalue weighted by Gasteiger charge is 2.30. The number of nitrogens with zero attached hydrogens (tertiary/aromatic N) is 2. The summed E-state index contributed by atoms with van der Waals surface area (Å²) in [5.74, 6) is 0.252. The summed E-state index contributed by atoms with van der Waals surface area (Å²) >= 11 is 0. The number of aryl methyl sites for hydroxylation is 2. The molecule has 1 amide bonds. The summed E-state index contributed by atoms with van der Waals surface area (Å²) in [7, 11) is 1.54. The van der Waals surface area contributed by atoms with Crippen molar-refractivity contribution in [3.63, 3.8) is 0 Å². The molecule has 1 atom stereocenters. The number of H-pyrrole nitrogens is 1. The third kappa shape index (κ3) is 6.52. The van der Waals surface area contributed by atoms with Crippen molar-refractivity contribution in [2.75, 3.05) is 58.1 Å². The van der Waals surface area contributed by atoms with Gasteiger partial charge in [0.2, 0.25) is 0 Å². The number of nitrogens with one attached hydrogen (secondary N) is 2. The molecular formula is C36H46N4O5. The molecule has 2 N–H and O–H groups in total. The minimum atomic E-state index is -0.261. The molecule has 3 aromatic rings. The molecule has 3 heterocycles. The largest absolute Gasteiger partial charge is 0.496 e. The Morgan fingerprint density at radius 2 is 1.78 bits per heavy atom. The van der Waals surface area contributed by atoms with Crippen LogP contribution in [0.2, 0.25) is 0 Å². The van der Waals surface area contributed by atoms with E-state index in [1.165, 1.54) is 18.2 Å². The molecule has 1 aliphatic carbocycles. The molecule has 0 spiro atoms. The van der Waals surface area contributed by atoms with Gasteiger partial charge >= 0.3 is 0 Å². The first-order valence-electron chi connectivity index (χ1n) is 16.4. The minimum absolute atomic E-state index is 0.0653. The number of benzene rings is 2. The van der Waals surface area contributed by atoms with E-state index in [-0.39, 0.29) is 18.0 Å². The Kier molecular flexibility index (Phi) is 9.58. The molecule has 2 aromatic carbocycles. The second-order valence-electron chi connectivity index (χ2n) is 12.4. The van der Waals surface area contributed by atoms with Crippen LogP contribution in [0.4, 0.5) is 5.69 Å². The Bertz CT molecular complexity index is 1590. The number of carbonyl (C=O) groups excluding carboxylic acids is 1. The standard InChI is InChI=1S/C36H46N4O5/c1-5-40(28-10-14-44-15-11-28)33-21-27(25-6-8-29-26(19-25)7-9-32(29)39-12-16-45-17-13-39)20-30(24(33)3)35(41)37-22-31-34(43-4)18-23(2)38-36(31)42/h6,8,18-21,28,32H,5,7,9-17,22H2,1-4H3,(H,37,41)(H,38,42). The maximum Gasteiger partial charge on any atom is 0.256 e. The van der Waals surface area contributed by atoms with Crippen LogP contribution in [0, 0.1) is 13.8 Å². The summed E-state index contributed by atoms with van der Waals surface area (Å²) in [6.45, 7) is 12.0. The molecule has 3 aliphatic rings. The number of methoxy groups -OCH3 is 1. The number of pyridine rings is 1. The number of ether oxygens (including phenoxy) is 3. The van der Waals surface area contributed by atoms with Gasteiger partial charge in [0.05, 0.1) is 32.4 Å². The molecule has 1 aromatic heterocycles. The molecule has 1 unspecified atom stereocenters. The van der Waals surface area contributed by atoms with E-state index in [0.29, 0.717) is 34.7 Å². The van der Waals surface area contributed by atoms with E-state index < -0.39 is 0 Å². The number of carbonyl (C=O) groups is 1. The average Bonchev–Trinajstić information content (AvgIpc) is 3.49. The maximum atomic E-state index is 13.9. The monoisotopic (exact) mass is 614 g/mol. The van der Waals surface area contributed by atoms with Crippen molar-refractivity contribution >= 4 is 11.6 Å². The SMILES string of the molecule is CCN(c1cc(-c2ccc3c(c2)CCC3N2CCOCC2)cc(C(=O)NCc2c(OC)cc(C)[nH]c2=O)c1C)C1CCOCC1. The van der Waals surface area contributed by atoms with Gasteiger partial charge in [-0.2, -0.15) is 0 Å².